The lowest BCUT2D eigenvalue weighted by Crippen LogP contribution is -2.34. The number of nitrogens with zero attached hydrogens (tertiary/aromatic N) is 4. The highest BCUT2D eigenvalue weighted by atomic mass is 35.5. The van der Waals surface area contributed by atoms with E-state index in [2.05, 4.69) is 20.0 Å². The smallest absolute Gasteiger partial charge is 0.220 e. The summed E-state index contributed by atoms with van der Waals surface area (Å²) >= 11 is 5.53. The Kier molecular flexibility index (Phi) is 1.25. The van der Waals surface area contributed by atoms with Crippen LogP contribution in [0.3, 0.4) is 0 Å². The highest BCUT2D eigenvalue weighted by Gasteiger charge is 2.26. The van der Waals surface area contributed by atoms with E-state index >= 15 is 0 Å². The third kappa shape index (κ3) is 0.932. The third-order valence-corrected chi connectivity index (χ3v) is 1.55. The van der Waals surface area contributed by atoms with Crippen molar-refractivity contribution in [3.05, 3.63) is 0 Å². The van der Waals surface area contributed by atoms with E-state index in [0.717, 1.165) is 0 Å². The van der Waals surface area contributed by atoms with E-state index in [1.165, 1.54) is 6.34 Å². The average Bonchev–Trinajstić information content (AvgIpc) is 2.31. The van der Waals surface area contributed by atoms with Gasteiger partial charge in [0.1, 0.15) is 12.2 Å². The van der Waals surface area contributed by atoms with E-state index in [0.29, 0.717) is 11.7 Å². The summed E-state index contributed by atoms with van der Waals surface area (Å²) in [5.74, 6) is 0.900. The van der Waals surface area contributed by atoms with Gasteiger partial charge in [0.15, 0.2) is 11.9 Å². The maximum Gasteiger partial charge on any atom is 0.220 e. The Hall–Kier alpha value is -1.23. The number of hydrogen-bond acceptors (Lipinski definition) is 5. The monoisotopic (exact) mass is 169 g/mol. The van der Waals surface area contributed by atoms with E-state index in [1.54, 1.807) is 0 Å². The van der Waals surface area contributed by atoms with E-state index < -0.39 is 0 Å². The van der Waals surface area contributed by atoms with Crippen molar-refractivity contribution in [1.29, 1.82) is 0 Å². The number of nitrogens with two attached hydrogens (primary N) is 1. The SMILES string of the molecule is NC1=NC=NC2=NC(Cl)=NC12. The standard InChI is InChI=1S/C5H4ClN5/c6-5-10-2-3(7)8-1-9-4(2)11-5/h1-2H,(H2,7,8,9,10,11). The average molecular weight is 170 g/mol. The molecule has 2 heterocycles. The van der Waals surface area contributed by atoms with E-state index in [9.17, 15) is 0 Å². The molecule has 6 heteroatoms. The van der Waals surface area contributed by atoms with Crippen molar-refractivity contribution in [2.45, 2.75) is 6.04 Å². The van der Waals surface area contributed by atoms with Crippen molar-refractivity contribution in [3.63, 3.8) is 0 Å². The number of aliphatic imine (C=N–C) groups is 4. The molecule has 0 radical (unpaired) electrons. The Morgan fingerprint density at radius 3 is 3.09 bits per heavy atom. The lowest BCUT2D eigenvalue weighted by atomic mass is 10.2. The molecule has 0 aromatic carbocycles. The molecule has 2 aliphatic rings. The van der Waals surface area contributed by atoms with Gasteiger partial charge in [0, 0.05) is 0 Å². The highest BCUT2D eigenvalue weighted by Crippen LogP contribution is 2.11. The second-order valence-electron chi connectivity index (χ2n) is 2.07. The van der Waals surface area contributed by atoms with Crippen molar-refractivity contribution < 1.29 is 0 Å². The summed E-state index contributed by atoms with van der Waals surface area (Å²) in [6, 6.07) is -0.354. The quantitative estimate of drug-likeness (QED) is 0.500. The number of fused-ring (bicyclic) bond motifs is 1. The number of hydrogen-bond donors (Lipinski definition) is 1. The second kappa shape index (κ2) is 2.13. The van der Waals surface area contributed by atoms with Crippen molar-refractivity contribution in [3.8, 4) is 0 Å². The van der Waals surface area contributed by atoms with E-state index in [4.69, 9.17) is 17.3 Å². The summed E-state index contributed by atoms with van der Waals surface area (Å²) in [4.78, 5) is 15.3. The maximum atomic E-state index is 5.53. The summed E-state index contributed by atoms with van der Waals surface area (Å²) in [6.45, 7) is 0. The molecule has 5 nitrogen and oxygen atoms in total. The van der Waals surface area contributed by atoms with E-state index in [1.807, 2.05) is 0 Å². The van der Waals surface area contributed by atoms with Crippen LogP contribution >= 0.6 is 11.6 Å². The zero-order valence-electron chi connectivity index (χ0n) is 5.40. The van der Waals surface area contributed by atoms with Crippen LogP contribution in [0.1, 0.15) is 0 Å². The molecule has 2 aliphatic heterocycles. The fraction of sp³-hybridized carbons (Fsp3) is 0.200. The van der Waals surface area contributed by atoms with Crippen LogP contribution in [-0.2, 0) is 0 Å². The Balaban J connectivity index is 2.44. The van der Waals surface area contributed by atoms with Gasteiger partial charge in [-0.2, -0.15) is 0 Å². The van der Waals surface area contributed by atoms with Crippen LogP contribution < -0.4 is 5.73 Å². The van der Waals surface area contributed by atoms with Gasteiger partial charge in [-0.3, -0.25) is 0 Å². The largest absolute Gasteiger partial charge is 0.385 e. The molecular weight excluding hydrogens is 166 g/mol. The normalized spacial score (nSPS) is 27.4. The first-order valence-electron chi connectivity index (χ1n) is 2.95. The van der Waals surface area contributed by atoms with E-state index in [-0.39, 0.29) is 11.3 Å². The molecule has 0 bridgehead atoms. The molecule has 56 valence electrons. The summed E-state index contributed by atoms with van der Waals surface area (Å²) in [7, 11) is 0. The maximum absolute atomic E-state index is 5.53. The van der Waals surface area contributed by atoms with Gasteiger partial charge in [0.25, 0.3) is 0 Å². The van der Waals surface area contributed by atoms with Crippen LogP contribution in [0, 0.1) is 0 Å². The minimum Gasteiger partial charge on any atom is -0.385 e. The van der Waals surface area contributed by atoms with Crippen LogP contribution in [-0.4, -0.2) is 29.3 Å². The molecule has 0 aliphatic carbocycles. The number of halogens is 1. The summed E-state index contributed by atoms with van der Waals surface area (Å²) in [5, 5.41) is 0.183. The van der Waals surface area contributed by atoms with Crippen LogP contribution in [0.5, 0.6) is 0 Å². The van der Waals surface area contributed by atoms with Crippen LogP contribution in [0.2, 0.25) is 0 Å². The van der Waals surface area contributed by atoms with Gasteiger partial charge in [0.05, 0.1) is 0 Å². The van der Waals surface area contributed by atoms with Gasteiger partial charge in [0.2, 0.25) is 5.29 Å². The predicted molar refractivity (Wildman–Crippen MR) is 44.6 cm³/mol. The van der Waals surface area contributed by atoms with Gasteiger partial charge >= 0.3 is 0 Å². The fourth-order valence-electron chi connectivity index (χ4n) is 0.872. The first kappa shape index (κ1) is 6.48. The Bertz CT molecular complexity index is 313. The molecule has 0 saturated carbocycles. The molecule has 2 rings (SSSR count). The summed E-state index contributed by atoms with van der Waals surface area (Å²) < 4.78 is 0. The molecule has 11 heavy (non-hydrogen) atoms. The molecule has 0 spiro atoms. The Labute approximate surface area is 67.4 Å². The van der Waals surface area contributed by atoms with Crippen molar-refractivity contribution in [2.24, 2.45) is 25.7 Å². The molecule has 0 amide bonds. The Morgan fingerprint density at radius 2 is 2.36 bits per heavy atom. The van der Waals surface area contributed by atoms with Gasteiger partial charge in [-0.05, 0) is 11.6 Å². The molecule has 1 unspecified atom stereocenters. The second-order valence-corrected chi connectivity index (χ2v) is 2.41. The topological polar surface area (TPSA) is 75.5 Å². The van der Waals surface area contributed by atoms with Gasteiger partial charge in [-0.25, -0.2) is 20.0 Å². The Morgan fingerprint density at radius 1 is 1.55 bits per heavy atom. The van der Waals surface area contributed by atoms with Crippen LogP contribution in [0.15, 0.2) is 20.0 Å². The minimum absolute atomic E-state index is 0.183. The molecule has 1 atom stereocenters. The molecular formula is C5H4ClN5. The molecule has 0 aromatic rings. The van der Waals surface area contributed by atoms with Gasteiger partial charge in [-0.15, -0.1) is 0 Å². The first-order chi connectivity index (χ1) is 5.27. The molecule has 2 N–H and O–H groups in total. The molecule has 0 aromatic heterocycles. The number of rotatable bonds is 0. The molecule has 0 fully saturated rings. The zero-order valence-corrected chi connectivity index (χ0v) is 6.15. The van der Waals surface area contributed by atoms with Crippen molar-refractivity contribution >= 4 is 34.9 Å². The van der Waals surface area contributed by atoms with Crippen LogP contribution in [0.4, 0.5) is 0 Å². The third-order valence-electron chi connectivity index (χ3n) is 1.36. The van der Waals surface area contributed by atoms with Crippen molar-refractivity contribution in [2.75, 3.05) is 0 Å². The highest BCUT2D eigenvalue weighted by molar-refractivity contribution is 6.66. The summed E-state index contributed by atoms with van der Waals surface area (Å²) in [6.07, 6.45) is 1.34. The molecule has 0 saturated heterocycles. The zero-order chi connectivity index (χ0) is 7.84. The number of amidine groups is 3. The predicted octanol–water partition coefficient (Wildman–Crippen LogP) is -0.239. The lowest BCUT2D eigenvalue weighted by molar-refractivity contribution is 1.12. The summed E-state index contributed by atoms with van der Waals surface area (Å²) in [5.41, 5.74) is 5.49. The lowest BCUT2D eigenvalue weighted by Gasteiger charge is -2.07. The minimum atomic E-state index is -0.354. The first-order valence-corrected chi connectivity index (χ1v) is 3.33. The fourth-order valence-corrected chi connectivity index (χ4v) is 1.06. The van der Waals surface area contributed by atoms with Gasteiger partial charge < -0.3 is 5.73 Å². The van der Waals surface area contributed by atoms with Gasteiger partial charge in [-0.1, -0.05) is 0 Å². The van der Waals surface area contributed by atoms with Crippen molar-refractivity contribution in [1.82, 2.24) is 0 Å². The van der Waals surface area contributed by atoms with Crippen LogP contribution in [0.25, 0.3) is 0 Å².